The molecule has 0 unspecified atom stereocenters. The first-order valence-corrected chi connectivity index (χ1v) is 4.83. The highest BCUT2D eigenvalue weighted by atomic mass is 35.5. The van der Waals surface area contributed by atoms with Crippen LogP contribution in [0.1, 0.15) is 22.8 Å². The van der Waals surface area contributed by atoms with Crippen molar-refractivity contribution in [1.82, 2.24) is 0 Å². The molecule has 1 aromatic rings. The summed E-state index contributed by atoms with van der Waals surface area (Å²) >= 11 is 5.93. The van der Waals surface area contributed by atoms with E-state index >= 15 is 0 Å². The van der Waals surface area contributed by atoms with Crippen molar-refractivity contribution in [1.29, 1.82) is 0 Å². The lowest BCUT2D eigenvalue weighted by Crippen LogP contribution is -1.92. The molecule has 0 heterocycles. The zero-order valence-corrected chi connectivity index (χ0v) is 9.32. The fourth-order valence-corrected chi connectivity index (χ4v) is 1.26. The zero-order valence-electron chi connectivity index (χ0n) is 8.57. The van der Waals surface area contributed by atoms with Gasteiger partial charge in [0.2, 0.25) is 0 Å². The summed E-state index contributed by atoms with van der Waals surface area (Å²) in [7, 11) is 0. The molecule has 5 heteroatoms. The lowest BCUT2D eigenvalue weighted by Gasteiger charge is -1.98. The maximum Gasteiger partial charge on any atom is 0.159 e. The van der Waals surface area contributed by atoms with Crippen LogP contribution in [-0.2, 0) is 0 Å². The van der Waals surface area contributed by atoms with Crippen LogP contribution in [-0.4, -0.2) is 12.3 Å². The first kappa shape index (κ1) is 12.1. The van der Waals surface area contributed by atoms with Crippen LogP contribution in [0.5, 0.6) is 0 Å². The van der Waals surface area contributed by atoms with E-state index in [1.807, 2.05) is 0 Å². The molecule has 0 saturated carbocycles. The number of Topliss-reactive ketones (excluding diaryl/α,β-unsaturated/α-hetero) is 1. The van der Waals surface area contributed by atoms with Crippen molar-refractivity contribution in [3.05, 3.63) is 44.8 Å². The number of carbonyl (C=O) groups is 1. The van der Waals surface area contributed by atoms with Gasteiger partial charge in [0.25, 0.3) is 0 Å². The van der Waals surface area contributed by atoms with Gasteiger partial charge in [-0.05, 0) is 24.6 Å². The van der Waals surface area contributed by atoms with Gasteiger partial charge >= 0.3 is 0 Å². The average Bonchev–Trinajstić information content (AvgIpc) is 2.26. The monoisotopic (exact) mass is 233 g/mol. The number of hydrogen-bond donors (Lipinski definition) is 0. The third-order valence-electron chi connectivity index (χ3n) is 1.81. The largest absolute Gasteiger partial charge is 0.295 e. The number of benzene rings is 1. The first-order valence-electron chi connectivity index (χ1n) is 4.45. The quantitative estimate of drug-likeness (QED) is 0.254. The number of nitrogens with zero attached hydrogens (tertiary/aromatic N) is 3. The second-order valence-electron chi connectivity index (χ2n) is 2.94. The first-order chi connectivity index (χ1) is 7.65. The van der Waals surface area contributed by atoms with Gasteiger partial charge in [0.15, 0.2) is 5.78 Å². The highest BCUT2D eigenvalue weighted by Crippen LogP contribution is 2.17. The van der Waals surface area contributed by atoms with E-state index in [9.17, 15) is 4.79 Å². The average molecular weight is 234 g/mol. The van der Waals surface area contributed by atoms with E-state index in [0.29, 0.717) is 16.1 Å². The number of azide groups is 1. The van der Waals surface area contributed by atoms with Crippen molar-refractivity contribution < 1.29 is 4.79 Å². The molecular formula is C11H8ClN3O. The molecule has 0 saturated heterocycles. The second kappa shape index (κ2) is 5.82. The minimum Gasteiger partial charge on any atom is -0.295 e. The summed E-state index contributed by atoms with van der Waals surface area (Å²) in [4.78, 5) is 13.6. The minimum atomic E-state index is -0.0458. The molecule has 0 spiro atoms. The Hall–Kier alpha value is -1.95. The molecule has 0 amide bonds. The zero-order chi connectivity index (χ0) is 12.0. The smallest absolute Gasteiger partial charge is 0.159 e. The van der Waals surface area contributed by atoms with Crippen molar-refractivity contribution in [2.45, 2.75) is 6.92 Å². The van der Waals surface area contributed by atoms with Crippen molar-refractivity contribution in [2.75, 3.05) is 6.54 Å². The number of halogens is 1. The van der Waals surface area contributed by atoms with Crippen LogP contribution in [0.25, 0.3) is 10.4 Å². The molecule has 0 radical (unpaired) electrons. The summed E-state index contributed by atoms with van der Waals surface area (Å²) in [6, 6.07) is 4.90. The van der Waals surface area contributed by atoms with Crippen LogP contribution in [0.3, 0.4) is 0 Å². The van der Waals surface area contributed by atoms with E-state index in [-0.39, 0.29) is 12.3 Å². The predicted octanol–water partition coefficient (Wildman–Crippen LogP) is 3.20. The SMILES string of the molecule is CC(=O)c1ccc(C#CCN=[N+]=[N-])c(Cl)c1. The number of rotatable bonds is 2. The molecule has 0 bridgehead atoms. The highest BCUT2D eigenvalue weighted by Gasteiger charge is 2.02. The fourth-order valence-electron chi connectivity index (χ4n) is 1.04. The third-order valence-corrected chi connectivity index (χ3v) is 2.12. The van der Waals surface area contributed by atoms with Gasteiger partial charge in [0, 0.05) is 16.0 Å². The summed E-state index contributed by atoms with van der Waals surface area (Å²) in [5.74, 6) is 5.36. The molecule has 80 valence electrons. The van der Waals surface area contributed by atoms with Crippen LogP contribution in [0.4, 0.5) is 0 Å². The molecule has 0 aliphatic heterocycles. The topological polar surface area (TPSA) is 65.8 Å². The molecule has 0 aliphatic rings. The number of carbonyl (C=O) groups excluding carboxylic acids is 1. The predicted molar refractivity (Wildman–Crippen MR) is 62.3 cm³/mol. The summed E-state index contributed by atoms with van der Waals surface area (Å²) in [6.45, 7) is 1.57. The molecule has 1 aromatic carbocycles. The van der Waals surface area contributed by atoms with E-state index in [0.717, 1.165) is 0 Å². The maximum absolute atomic E-state index is 11.1. The van der Waals surface area contributed by atoms with Crippen molar-refractivity contribution in [3.63, 3.8) is 0 Å². The fraction of sp³-hybridized carbons (Fsp3) is 0.182. The standard InChI is InChI=1S/C11H8ClN3O/c1-8(16)10-5-4-9(11(12)7-10)3-2-6-14-15-13/h4-5,7H,6H2,1H3. The normalized spacial score (nSPS) is 8.62. The molecule has 0 N–H and O–H groups in total. The van der Waals surface area contributed by atoms with Gasteiger partial charge in [-0.2, -0.15) is 0 Å². The van der Waals surface area contributed by atoms with Crippen molar-refractivity contribution in [3.8, 4) is 11.8 Å². The third kappa shape index (κ3) is 3.32. The Bertz CT molecular complexity index is 522. The van der Waals surface area contributed by atoms with Gasteiger partial charge in [0.05, 0.1) is 11.6 Å². The van der Waals surface area contributed by atoms with Crippen LogP contribution >= 0.6 is 11.6 Å². The van der Waals surface area contributed by atoms with Crippen molar-refractivity contribution in [2.24, 2.45) is 5.11 Å². The van der Waals surface area contributed by atoms with E-state index < -0.39 is 0 Å². The van der Waals surface area contributed by atoms with Crippen LogP contribution in [0.2, 0.25) is 5.02 Å². The molecular weight excluding hydrogens is 226 g/mol. The van der Waals surface area contributed by atoms with Gasteiger partial charge in [-0.1, -0.05) is 34.6 Å². The van der Waals surface area contributed by atoms with Gasteiger partial charge in [-0.25, -0.2) is 0 Å². The lowest BCUT2D eigenvalue weighted by atomic mass is 10.1. The number of hydrogen-bond acceptors (Lipinski definition) is 2. The van der Waals surface area contributed by atoms with Crippen LogP contribution in [0.15, 0.2) is 23.3 Å². The summed E-state index contributed by atoms with van der Waals surface area (Å²) in [6.07, 6.45) is 0. The van der Waals surface area contributed by atoms with Gasteiger partial charge in [0.1, 0.15) is 0 Å². The molecule has 1 rings (SSSR count). The molecule has 4 nitrogen and oxygen atoms in total. The Morgan fingerprint density at radius 1 is 1.62 bits per heavy atom. The second-order valence-corrected chi connectivity index (χ2v) is 3.35. The Morgan fingerprint density at radius 3 is 2.94 bits per heavy atom. The van der Waals surface area contributed by atoms with Gasteiger partial charge < -0.3 is 0 Å². The Balaban J connectivity index is 2.93. The number of ketones is 1. The van der Waals surface area contributed by atoms with E-state index in [2.05, 4.69) is 21.9 Å². The van der Waals surface area contributed by atoms with E-state index in [1.54, 1.807) is 18.2 Å². The summed E-state index contributed by atoms with van der Waals surface area (Å²) < 4.78 is 0. The minimum absolute atomic E-state index is 0.0458. The van der Waals surface area contributed by atoms with Crippen LogP contribution in [0, 0.1) is 11.8 Å². The Labute approximate surface area is 97.9 Å². The lowest BCUT2D eigenvalue weighted by molar-refractivity contribution is 0.101. The van der Waals surface area contributed by atoms with E-state index in [4.69, 9.17) is 17.1 Å². The van der Waals surface area contributed by atoms with E-state index in [1.165, 1.54) is 6.92 Å². The molecule has 16 heavy (non-hydrogen) atoms. The molecule has 0 atom stereocenters. The summed E-state index contributed by atoms with van der Waals surface area (Å²) in [5, 5.41) is 3.69. The van der Waals surface area contributed by atoms with Gasteiger partial charge in [-0.3, -0.25) is 4.79 Å². The molecule has 0 aromatic heterocycles. The molecule has 0 fully saturated rings. The maximum atomic E-state index is 11.1. The van der Waals surface area contributed by atoms with Gasteiger partial charge in [-0.15, -0.1) is 0 Å². The Morgan fingerprint density at radius 2 is 2.38 bits per heavy atom. The summed E-state index contributed by atoms with van der Waals surface area (Å²) in [5.41, 5.74) is 9.20. The van der Waals surface area contributed by atoms with Crippen LogP contribution < -0.4 is 0 Å². The highest BCUT2D eigenvalue weighted by molar-refractivity contribution is 6.32. The molecule has 0 aliphatic carbocycles. The Kier molecular flexibility index (Phi) is 4.41. The van der Waals surface area contributed by atoms with Crippen molar-refractivity contribution >= 4 is 17.4 Å².